The van der Waals surface area contributed by atoms with Crippen LogP contribution in [-0.4, -0.2) is 41.1 Å². The first kappa shape index (κ1) is 22.7. The minimum atomic E-state index is -3.96. The van der Waals surface area contributed by atoms with Crippen LogP contribution in [0.3, 0.4) is 0 Å². The molecule has 180 valence electrons. The maximum atomic E-state index is 15.2. The van der Waals surface area contributed by atoms with Gasteiger partial charge in [0.15, 0.2) is 5.82 Å². The fourth-order valence-corrected chi connectivity index (χ4v) is 5.11. The van der Waals surface area contributed by atoms with E-state index in [0.29, 0.717) is 22.0 Å². The lowest BCUT2D eigenvalue weighted by molar-refractivity contribution is 0.108. The van der Waals surface area contributed by atoms with Gasteiger partial charge in [-0.2, -0.15) is 5.10 Å². The van der Waals surface area contributed by atoms with Crippen LogP contribution in [0.25, 0.3) is 16.5 Å². The fourth-order valence-electron chi connectivity index (χ4n) is 4.08. The molecular weight excluding hydrogens is 477 g/mol. The number of sulfonamides is 1. The van der Waals surface area contributed by atoms with E-state index in [1.165, 1.54) is 60.4 Å². The lowest BCUT2D eigenvalue weighted by atomic mass is 9.95. The Labute approximate surface area is 199 Å². The second-order valence-electron chi connectivity index (χ2n) is 7.94. The van der Waals surface area contributed by atoms with Crippen LogP contribution in [-0.2, 0) is 21.8 Å². The molecule has 1 N–H and O–H groups in total. The summed E-state index contributed by atoms with van der Waals surface area (Å²) in [5.41, 5.74) is 0.943. The molecule has 0 radical (unpaired) electrons. The molecular formula is C23H20FN5O5S. The molecule has 2 atom stereocenters. The Morgan fingerprint density at radius 3 is 2.69 bits per heavy atom. The maximum absolute atomic E-state index is 15.2. The van der Waals surface area contributed by atoms with Crippen LogP contribution in [0.5, 0.6) is 0 Å². The summed E-state index contributed by atoms with van der Waals surface area (Å²) in [6.45, 7) is 0. The summed E-state index contributed by atoms with van der Waals surface area (Å²) in [4.78, 5) is 12.9. The van der Waals surface area contributed by atoms with Crippen LogP contribution in [0.2, 0.25) is 0 Å². The summed E-state index contributed by atoms with van der Waals surface area (Å²) in [5.74, 6) is -0.478. The number of hydrogen-bond acceptors (Lipinski definition) is 7. The number of fused-ring (bicyclic) bond motifs is 1. The zero-order chi connectivity index (χ0) is 24.7. The average Bonchev–Trinajstić information content (AvgIpc) is 3.50. The van der Waals surface area contributed by atoms with Gasteiger partial charge in [-0.1, -0.05) is 5.16 Å². The fraction of sp³-hybridized carbons (Fsp3) is 0.174. The molecule has 3 heterocycles. The number of aryl methyl sites for hydroxylation is 1. The van der Waals surface area contributed by atoms with E-state index in [9.17, 15) is 13.2 Å². The molecule has 1 aliphatic rings. The van der Waals surface area contributed by atoms with Crippen LogP contribution in [0.4, 0.5) is 10.2 Å². The third kappa shape index (κ3) is 4.17. The SMILES string of the molecule is COC1C=C(c2cnn(C)c2)C(F)=CC1n1c(=O)ccc2cc(S(=O)(=O)Nc3ccon3)ccc21. The van der Waals surface area contributed by atoms with Crippen molar-refractivity contribution >= 4 is 32.3 Å². The van der Waals surface area contributed by atoms with Gasteiger partial charge in [-0.3, -0.25) is 18.8 Å². The molecule has 35 heavy (non-hydrogen) atoms. The van der Waals surface area contributed by atoms with E-state index < -0.39 is 28.0 Å². The van der Waals surface area contributed by atoms with Gasteiger partial charge < -0.3 is 9.26 Å². The molecule has 4 aromatic rings. The van der Waals surface area contributed by atoms with Gasteiger partial charge in [0.05, 0.1) is 22.7 Å². The molecule has 10 nitrogen and oxygen atoms in total. The summed E-state index contributed by atoms with van der Waals surface area (Å²) < 4.78 is 56.3. The lowest BCUT2D eigenvalue weighted by Gasteiger charge is -2.28. The largest absolute Gasteiger partial charge is 0.375 e. The van der Waals surface area contributed by atoms with Crippen molar-refractivity contribution in [2.24, 2.45) is 7.05 Å². The predicted octanol–water partition coefficient (Wildman–Crippen LogP) is 3.03. The first-order valence-corrected chi connectivity index (χ1v) is 11.9. The van der Waals surface area contributed by atoms with Crippen molar-refractivity contribution in [2.75, 3.05) is 11.8 Å². The number of benzene rings is 1. The van der Waals surface area contributed by atoms with Crippen molar-refractivity contribution in [2.45, 2.75) is 17.0 Å². The highest BCUT2D eigenvalue weighted by Gasteiger charge is 2.29. The number of rotatable bonds is 6. The minimum Gasteiger partial charge on any atom is -0.375 e. The van der Waals surface area contributed by atoms with Gasteiger partial charge >= 0.3 is 0 Å². The third-order valence-corrected chi connectivity index (χ3v) is 7.07. The average molecular weight is 498 g/mol. The number of allylic oxidation sites excluding steroid dienone is 2. The van der Waals surface area contributed by atoms with Gasteiger partial charge in [0.2, 0.25) is 0 Å². The molecule has 0 saturated carbocycles. The number of pyridine rings is 1. The summed E-state index contributed by atoms with van der Waals surface area (Å²) in [5, 5.41) is 8.11. The number of hydrogen-bond donors (Lipinski definition) is 1. The number of anilines is 1. The van der Waals surface area contributed by atoms with Crippen LogP contribution in [0.15, 0.2) is 87.2 Å². The van der Waals surface area contributed by atoms with Gasteiger partial charge in [0.1, 0.15) is 18.2 Å². The van der Waals surface area contributed by atoms with E-state index >= 15 is 4.39 Å². The zero-order valence-electron chi connectivity index (χ0n) is 18.6. The number of nitrogens with zero attached hydrogens (tertiary/aromatic N) is 4. The Morgan fingerprint density at radius 1 is 1.17 bits per heavy atom. The Morgan fingerprint density at radius 2 is 2.00 bits per heavy atom. The second-order valence-corrected chi connectivity index (χ2v) is 9.62. The van der Waals surface area contributed by atoms with E-state index in [2.05, 4.69) is 19.5 Å². The molecule has 0 aliphatic heterocycles. The van der Waals surface area contributed by atoms with Crippen LogP contribution in [0.1, 0.15) is 11.6 Å². The Kier molecular flexibility index (Phi) is 5.61. The lowest BCUT2D eigenvalue weighted by Crippen LogP contribution is -2.33. The summed E-state index contributed by atoms with van der Waals surface area (Å²) in [7, 11) is -0.749. The zero-order valence-corrected chi connectivity index (χ0v) is 19.4. The van der Waals surface area contributed by atoms with E-state index in [4.69, 9.17) is 4.74 Å². The summed E-state index contributed by atoms with van der Waals surface area (Å²) in [6, 6.07) is 7.70. The molecule has 0 saturated heterocycles. The number of nitrogens with one attached hydrogen (secondary N) is 1. The van der Waals surface area contributed by atoms with Crippen molar-refractivity contribution in [1.29, 1.82) is 0 Å². The quantitative estimate of drug-likeness (QED) is 0.435. The number of methoxy groups -OCH3 is 1. The standard InChI is InChI=1S/C23H20FN5O5S/c1-28-13-15(12-25-28)17-10-21(33-2)20(11-18(17)24)29-19-5-4-16(9-14(19)3-6-23(29)30)35(31,32)27-22-7-8-34-26-22/h3-13,20-21H,1-2H3,(H,26,27). The van der Waals surface area contributed by atoms with E-state index in [1.54, 1.807) is 30.2 Å². The second kappa shape index (κ2) is 8.64. The summed E-state index contributed by atoms with van der Waals surface area (Å²) in [6.07, 6.45) is 6.76. The molecule has 3 aromatic heterocycles. The first-order chi connectivity index (χ1) is 16.8. The van der Waals surface area contributed by atoms with Gasteiger partial charge in [0, 0.05) is 43.6 Å². The molecule has 0 amide bonds. The van der Waals surface area contributed by atoms with Gasteiger partial charge in [-0.05, 0) is 41.8 Å². The Bertz CT molecular complexity index is 1640. The van der Waals surface area contributed by atoms with Gasteiger partial charge in [-0.25, -0.2) is 12.8 Å². The molecule has 0 fully saturated rings. The monoisotopic (exact) mass is 497 g/mol. The van der Waals surface area contributed by atoms with Gasteiger partial charge in [-0.15, -0.1) is 0 Å². The van der Waals surface area contributed by atoms with Crippen molar-refractivity contribution in [3.05, 3.63) is 89.0 Å². The normalized spacial score (nSPS) is 18.4. The van der Waals surface area contributed by atoms with E-state index in [1.807, 2.05) is 0 Å². The highest BCUT2D eigenvalue weighted by atomic mass is 32.2. The highest BCUT2D eigenvalue weighted by molar-refractivity contribution is 7.92. The topological polar surface area (TPSA) is 121 Å². The van der Waals surface area contributed by atoms with Crippen LogP contribution < -0.4 is 10.3 Å². The Hall–Kier alpha value is -4.03. The number of aromatic nitrogens is 4. The van der Waals surface area contributed by atoms with Crippen LogP contribution >= 0.6 is 0 Å². The van der Waals surface area contributed by atoms with Crippen molar-refractivity contribution in [1.82, 2.24) is 19.5 Å². The molecule has 1 aliphatic carbocycles. The molecule has 0 spiro atoms. The molecule has 1 aromatic carbocycles. The molecule has 2 unspecified atom stereocenters. The minimum absolute atomic E-state index is 0.0365. The molecule has 5 rings (SSSR count). The Balaban J connectivity index is 1.57. The molecule has 12 heteroatoms. The van der Waals surface area contributed by atoms with E-state index in [0.717, 1.165) is 0 Å². The van der Waals surface area contributed by atoms with Crippen LogP contribution in [0, 0.1) is 0 Å². The first-order valence-electron chi connectivity index (χ1n) is 10.5. The number of halogens is 1. The predicted molar refractivity (Wildman–Crippen MR) is 126 cm³/mol. The molecule has 0 bridgehead atoms. The third-order valence-electron chi connectivity index (χ3n) is 5.72. The smallest absolute Gasteiger partial charge is 0.263 e. The van der Waals surface area contributed by atoms with Crippen molar-refractivity contribution in [3.63, 3.8) is 0 Å². The van der Waals surface area contributed by atoms with Crippen molar-refractivity contribution in [3.8, 4) is 0 Å². The number of ether oxygens (including phenoxy) is 1. The summed E-state index contributed by atoms with van der Waals surface area (Å²) >= 11 is 0. The van der Waals surface area contributed by atoms with Crippen molar-refractivity contribution < 1.29 is 22.1 Å². The van der Waals surface area contributed by atoms with Gasteiger partial charge in [0.25, 0.3) is 15.6 Å². The maximum Gasteiger partial charge on any atom is 0.263 e. The highest BCUT2D eigenvalue weighted by Crippen LogP contribution is 2.35. The van der Waals surface area contributed by atoms with E-state index in [-0.39, 0.29) is 16.3 Å².